The molecule has 1 N–H and O–H groups in total. The first kappa shape index (κ1) is 17.1. The Morgan fingerprint density at radius 3 is 2.73 bits per heavy atom. The van der Waals surface area contributed by atoms with Crippen molar-refractivity contribution >= 4 is 11.7 Å². The van der Waals surface area contributed by atoms with Crippen LogP contribution in [0.15, 0.2) is 29.8 Å². The summed E-state index contributed by atoms with van der Waals surface area (Å²) >= 11 is 0. The topological polar surface area (TPSA) is 54.0 Å². The van der Waals surface area contributed by atoms with Crippen molar-refractivity contribution in [1.82, 2.24) is 10.2 Å². The molecule has 3 aliphatic rings. The quantitative estimate of drug-likeness (QED) is 0.841. The summed E-state index contributed by atoms with van der Waals surface area (Å²) < 4.78 is 10.8. The third-order valence-electron chi connectivity index (χ3n) is 5.40. The summed E-state index contributed by atoms with van der Waals surface area (Å²) in [5.74, 6) is 1.61. The fraction of sp³-hybridized carbons (Fsp3) is 0.550. The van der Waals surface area contributed by atoms with Gasteiger partial charge in [0.05, 0.1) is 0 Å². The summed E-state index contributed by atoms with van der Waals surface area (Å²) in [5, 5.41) is 3.08. The van der Waals surface area contributed by atoms with Gasteiger partial charge in [-0.25, -0.2) is 4.79 Å². The molecule has 2 amide bonds. The van der Waals surface area contributed by atoms with Crippen LogP contribution in [0.5, 0.6) is 11.5 Å². The molecule has 0 saturated carbocycles. The van der Waals surface area contributed by atoms with Crippen molar-refractivity contribution in [3.63, 3.8) is 0 Å². The molecule has 0 unspecified atom stereocenters. The summed E-state index contributed by atoms with van der Waals surface area (Å²) in [4.78, 5) is 16.6. The maximum atomic E-state index is 12.4. The van der Waals surface area contributed by atoms with Crippen molar-refractivity contribution in [2.45, 2.75) is 32.1 Å². The third kappa shape index (κ3) is 3.89. The van der Waals surface area contributed by atoms with Crippen molar-refractivity contribution in [3.8, 4) is 11.5 Å². The number of hydrogen-bond donors (Lipinski definition) is 1. The lowest BCUT2D eigenvalue weighted by Crippen LogP contribution is -2.52. The number of nitrogens with one attached hydrogen (secondary N) is 1. The molecule has 140 valence electrons. The number of urea groups is 1. The van der Waals surface area contributed by atoms with Gasteiger partial charge in [0.25, 0.3) is 0 Å². The highest BCUT2D eigenvalue weighted by molar-refractivity contribution is 5.74. The summed E-state index contributed by atoms with van der Waals surface area (Å²) in [6.45, 7) is 4.18. The average Bonchev–Trinajstić information content (AvgIpc) is 3.17. The Kier molecular flexibility index (Phi) is 5.18. The van der Waals surface area contributed by atoms with E-state index < -0.39 is 0 Å². The molecule has 4 rings (SSSR count). The van der Waals surface area contributed by atoms with Crippen LogP contribution >= 0.6 is 0 Å². The van der Waals surface area contributed by atoms with E-state index in [1.165, 1.54) is 31.3 Å². The Morgan fingerprint density at radius 2 is 1.92 bits per heavy atom. The predicted octanol–water partition coefficient (Wildman–Crippen LogP) is 3.14. The predicted molar refractivity (Wildman–Crippen MR) is 101 cm³/mol. The number of hydrogen-bond acceptors (Lipinski definition) is 4. The molecule has 2 aliphatic heterocycles. The molecule has 26 heavy (non-hydrogen) atoms. The van der Waals surface area contributed by atoms with E-state index in [9.17, 15) is 4.79 Å². The number of allylic oxidation sites excluding steroid dienone is 1. The SMILES string of the molecule is O=C(NCCC1=CCCCC1)N1CCN(c2ccc3c(c2)OCO3)CC1. The molecule has 0 atom stereocenters. The van der Waals surface area contributed by atoms with Crippen molar-refractivity contribution in [2.24, 2.45) is 0 Å². The lowest BCUT2D eigenvalue weighted by molar-refractivity contribution is 0.174. The highest BCUT2D eigenvalue weighted by Crippen LogP contribution is 2.35. The van der Waals surface area contributed by atoms with Gasteiger partial charge in [-0.05, 0) is 44.2 Å². The smallest absolute Gasteiger partial charge is 0.317 e. The fourth-order valence-corrected chi connectivity index (χ4v) is 3.82. The molecular weight excluding hydrogens is 330 g/mol. The zero-order valence-corrected chi connectivity index (χ0v) is 15.2. The molecule has 0 bridgehead atoms. The van der Waals surface area contributed by atoms with E-state index in [4.69, 9.17) is 9.47 Å². The minimum atomic E-state index is 0.0618. The number of anilines is 1. The van der Waals surface area contributed by atoms with Crippen molar-refractivity contribution in [2.75, 3.05) is 44.4 Å². The van der Waals surface area contributed by atoms with Crippen LogP contribution in [0, 0.1) is 0 Å². The largest absolute Gasteiger partial charge is 0.454 e. The minimum Gasteiger partial charge on any atom is -0.454 e. The van der Waals surface area contributed by atoms with Crippen LogP contribution in [0.3, 0.4) is 0 Å². The van der Waals surface area contributed by atoms with Gasteiger partial charge in [-0.2, -0.15) is 0 Å². The zero-order valence-electron chi connectivity index (χ0n) is 15.2. The molecule has 0 spiro atoms. The Hall–Kier alpha value is -2.37. The average molecular weight is 357 g/mol. The number of carbonyl (C=O) groups excluding carboxylic acids is 1. The first-order chi connectivity index (χ1) is 12.8. The standard InChI is InChI=1S/C20H27N3O3/c24-20(21-9-8-16-4-2-1-3-5-16)23-12-10-22(11-13-23)17-6-7-18-19(14-17)26-15-25-18/h4,6-7,14H,1-3,5,8-13,15H2,(H,21,24). The van der Waals surface area contributed by atoms with E-state index in [1.807, 2.05) is 17.0 Å². The summed E-state index contributed by atoms with van der Waals surface area (Å²) in [6, 6.07) is 6.10. The molecular formula is C20H27N3O3. The van der Waals surface area contributed by atoms with Crippen LogP contribution in [-0.2, 0) is 0 Å². The van der Waals surface area contributed by atoms with Crippen LogP contribution in [0.2, 0.25) is 0 Å². The molecule has 6 heteroatoms. The number of amides is 2. The molecule has 1 aromatic carbocycles. The molecule has 1 aromatic rings. The van der Waals surface area contributed by atoms with E-state index in [0.717, 1.165) is 56.3 Å². The van der Waals surface area contributed by atoms with Crippen LogP contribution in [0.4, 0.5) is 10.5 Å². The third-order valence-corrected chi connectivity index (χ3v) is 5.40. The Labute approximate surface area is 154 Å². The normalized spacial score (nSPS) is 19.3. The van der Waals surface area contributed by atoms with E-state index in [0.29, 0.717) is 6.79 Å². The van der Waals surface area contributed by atoms with Crippen LogP contribution in [0.1, 0.15) is 32.1 Å². The van der Waals surface area contributed by atoms with Gasteiger partial charge in [0.1, 0.15) is 0 Å². The van der Waals surface area contributed by atoms with Crippen molar-refractivity contribution in [3.05, 3.63) is 29.8 Å². The van der Waals surface area contributed by atoms with Crippen molar-refractivity contribution < 1.29 is 14.3 Å². The highest BCUT2D eigenvalue weighted by Gasteiger charge is 2.22. The second kappa shape index (κ2) is 7.89. The van der Waals surface area contributed by atoms with E-state index >= 15 is 0 Å². The number of nitrogens with zero attached hydrogens (tertiary/aromatic N) is 2. The number of ether oxygens (including phenoxy) is 2. The molecule has 0 aromatic heterocycles. The van der Waals surface area contributed by atoms with Gasteiger partial charge in [-0.3, -0.25) is 0 Å². The first-order valence-electron chi connectivity index (χ1n) is 9.65. The lowest BCUT2D eigenvalue weighted by atomic mass is 9.97. The van der Waals surface area contributed by atoms with E-state index in [2.05, 4.69) is 22.4 Å². The van der Waals surface area contributed by atoms with Crippen LogP contribution in [0.25, 0.3) is 0 Å². The molecule has 1 fully saturated rings. The summed E-state index contributed by atoms with van der Waals surface area (Å²) in [7, 11) is 0. The molecule has 0 radical (unpaired) electrons. The van der Waals surface area contributed by atoms with Gasteiger partial charge in [0, 0.05) is 44.5 Å². The number of fused-ring (bicyclic) bond motifs is 1. The van der Waals surface area contributed by atoms with Gasteiger partial charge in [-0.15, -0.1) is 0 Å². The highest BCUT2D eigenvalue weighted by atomic mass is 16.7. The minimum absolute atomic E-state index is 0.0618. The summed E-state index contributed by atoms with van der Waals surface area (Å²) in [5.41, 5.74) is 2.63. The summed E-state index contributed by atoms with van der Waals surface area (Å²) in [6.07, 6.45) is 8.34. The molecule has 6 nitrogen and oxygen atoms in total. The molecule has 2 heterocycles. The fourth-order valence-electron chi connectivity index (χ4n) is 3.82. The van der Waals surface area contributed by atoms with Crippen LogP contribution < -0.4 is 19.7 Å². The monoisotopic (exact) mass is 357 g/mol. The Bertz CT molecular complexity index is 681. The van der Waals surface area contributed by atoms with Gasteiger partial charge in [-0.1, -0.05) is 11.6 Å². The molecule has 1 saturated heterocycles. The van der Waals surface area contributed by atoms with Gasteiger partial charge >= 0.3 is 6.03 Å². The van der Waals surface area contributed by atoms with Gasteiger partial charge in [0.2, 0.25) is 6.79 Å². The zero-order chi connectivity index (χ0) is 17.8. The van der Waals surface area contributed by atoms with Crippen LogP contribution in [-0.4, -0.2) is 50.4 Å². The second-order valence-corrected chi connectivity index (χ2v) is 7.10. The van der Waals surface area contributed by atoms with Gasteiger partial charge in [0.15, 0.2) is 11.5 Å². The number of rotatable bonds is 4. The number of piperazine rings is 1. The second-order valence-electron chi connectivity index (χ2n) is 7.10. The molecule has 1 aliphatic carbocycles. The first-order valence-corrected chi connectivity index (χ1v) is 9.65. The Balaban J connectivity index is 1.23. The lowest BCUT2D eigenvalue weighted by Gasteiger charge is -2.36. The number of benzene rings is 1. The van der Waals surface area contributed by atoms with E-state index in [-0.39, 0.29) is 6.03 Å². The van der Waals surface area contributed by atoms with Gasteiger partial charge < -0.3 is 24.6 Å². The number of carbonyl (C=O) groups is 1. The maximum absolute atomic E-state index is 12.4. The van der Waals surface area contributed by atoms with E-state index in [1.54, 1.807) is 0 Å². The Morgan fingerprint density at radius 1 is 1.08 bits per heavy atom. The maximum Gasteiger partial charge on any atom is 0.317 e. The van der Waals surface area contributed by atoms with Crippen molar-refractivity contribution in [1.29, 1.82) is 0 Å².